The Kier molecular flexibility index (Phi) is 3.79. The average molecular weight is 279 g/mol. The van der Waals surface area contributed by atoms with E-state index in [-0.39, 0.29) is 6.61 Å². The molecule has 0 saturated carbocycles. The van der Waals surface area contributed by atoms with Gasteiger partial charge in [-0.05, 0) is 23.6 Å². The van der Waals surface area contributed by atoms with Gasteiger partial charge in [0.15, 0.2) is 5.82 Å². The van der Waals surface area contributed by atoms with E-state index in [2.05, 4.69) is 35.2 Å². The fourth-order valence-corrected chi connectivity index (χ4v) is 2.52. The molecule has 0 bridgehead atoms. The molecular weight excluding hydrogens is 262 g/mol. The second-order valence-electron chi connectivity index (χ2n) is 4.89. The van der Waals surface area contributed by atoms with Crippen molar-refractivity contribution in [2.24, 2.45) is 0 Å². The van der Waals surface area contributed by atoms with Gasteiger partial charge >= 0.3 is 0 Å². The van der Waals surface area contributed by atoms with Crippen molar-refractivity contribution in [3.05, 3.63) is 60.4 Å². The molecule has 3 rings (SSSR count). The highest BCUT2D eigenvalue weighted by Gasteiger charge is 2.13. The van der Waals surface area contributed by atoms with Gasteiger partial charge in [0.25, 0.3) is 0 Å². The van der Waals surface area contributed by atoms with Crippen LogP contribution < -0.4 is 0 Å². The molecule has 0 radical (unpaired) electrons. The second-order valence-corrected chi connectivity index (χ2v) is 4.89. The van der Waals surface area contributed by atoms with Crippen LogP contribution in [0.2, 0.25) is 0 Å². The van der Waals surface area contributed by atoms with Gasteiger partial charge in [0, 0.05) is 5.56 Å². The Morgan fingerprint density at radius 1 is 0.952 bits per heavy atom. The normalized spacial score (nSPS) is 10.8. The van der Waals surface area contributed by atoms with Crippen LogP contribution in [-0.4, -0.2) is 26.5 Å². The summed E-state index contributed by atoms with van der Waals surface area (Å²) >= 11 is 0. The standard InChI is InChI=1S/C17H17N3O/c1-13-6-2-3-7-14(13)15-8-4-5-9-16(15)17-18-12-19-20(17)10-11-21/h2-9,12,21H,10-11H2,1H3. The van der Waals surface area contributed by atoms with E-state index in [4.69, 9.17) is 5.11 Å². The summed E-state index contributed by atoms with van der Waals surface area (Å²) in [5.41, 5.74) is 4.56. The molecule has 0 aliphatic rings. The molecule has 0 aliphatic heterocycles. The van der Waals surface area contributed by atoms with Crippen LogP contribution in [0, 0.1) is 6.92 Å². The van der Waals surface area contributed by atoms with Gasteiger partial charge in [-0.15, -0.1) is 0 Å². The first-order chi connectivity index (χ1) is 10.3. The Morgan fingerprint density at radius 3 is 2.33 bits per heavy atom. The molecule has 0 amide bonds. The van der Waals surface area contributed by atoms with Crippen LogP contribution in [0.5, 0.6) is 0 Å². The van der Waals surface area contributed by atoms with E-state index in [1.54, 1.807) is 4.68 Å². The van der Waals surface area contributed by atoms with Crippen molar-refractivity contribution in [2.45, 2.75) is 13.5 Å². The van der Waals surface area contributed by atoms with Crippen molar-refractivity contribution < 1.29 is 5.11 Å². The molecular formula is C17H17N3O. The number of aromatic nitrogens is 3. The predicted octanol–water partition coefficient (Wildman–Crippen LogP) is 2.91. The lowest BCUT2D eigenvalue weighted by molar-refractivity contribution is 0.270. The molecule has 2 aromatic carbocycles. The summed E-state index contributed by atoms with van der Waals surface area (Å²) in [7, 11) is 0. The van der Waals surface area contributed by atoms with Gasteiger partial charge < -0.3 is 5.11 Å². The summed E-state index contributed by atoms with van der Waals surface area (Å²) in [5, 5.41) is 13.3. The lowest BCUT2D eigenvalue weighted by Gasteiger charge is -2.12. The van der Waals surface area contributed by atoms with Crippen LogP contribution in [0.3, 0.4) is 0 Å². The highest BCUT2D eigenvalue weighted by molar-refractivity contribution is 5.82. The van der Waals surface area contributed by atoms with Crippen LogP contribution in [-0.2, 0) is 6.54 Å². The molecule has 4 heteroatoms. The van der Waals surface area contributed by atoms with Gasteiger partial charge in [0.1, 0.15) is 6.33 Å². The molecule has 1 aromatic heterocycles. The third kappa shape index (κ3) is 2.58. The topological polar surface area (TPSA) is 50.9 Å². The van der Waals surface area contributed by atoms with Gasteiger partial charge in [-0.3, -0.25) is 0 Å². The van der Waals surface area contributed by atoms with E-state index in [0.29, 0.717) is 6.54 Å². The highest BCUT2D eigenvalue weighted by atomic mass is 16.3. The first kappa shape index (κ1) is 13.5. The summed E-state index contributed by atoms with van der Waals surface area (Å²) in [5.74, 6) is 0.780. The number of benzene rings is 2. The maximum absolute atomic E-state index is 9.15. The van der Waals surface area contributed by atoms with Crippen molar-refractivity contribution >= 4 is 0 Å². The predicted molar refractivity (Wildman–Crippen MR) is 82.7 cm³/mol. The maximum atomic E-state index is 9.15. The molecule has 21 heavy (non-hydrogen) atoms. The highest BCUT2D eigenvalue weighted by Crippen LogP contribution is 2.32. The van der Waals surface area contributed by atoms with Crippen molar-refractivity contribution in [3.8, 4) is 22.5 Å². The first-order valence-corrected chi connectivity index (χ1v) is 6.95. The maximum Gasteiger partial charge on any atom is 0.158 e. The summed E-state index contributed by atoms with van der Waals surface area (Å²) in [6.45, 7) is 2.59. The number of hydrogen-bond donors (Lipinski definition) is 1. The van der Waals surface area contributed by atoms with Gasteiger partial charge in [0.05, 0.1) is 13.2 Å². The Morgan fingerprint density at radius 2 is 1.62 bits per heavy atom. The SMILES string of the molecule is Cc1ccccc1-c1ccccc1-c1ncnn1CCO. The van der Waals surface area contributed by atoms with Crippen LogP contribution >= 0.6 is 0 Å². The first-order valence-electron chi connectivity index (χ1n) is 6.95. The van der Waals surface area contributed by atoms with E-state index >= 15 is 0 Å². The largest absolute Gasteiger partial charge is 0.394 e. The molecule has 3 aromatic rings. The molecule has 0 spiro atoms. The second kappa shape index (κ2) is 5.89. The molecule has 0 fully saturated rings. The molecule has 106 valence electrons. The van der Waals surface area contributed by atoms with Gasteiger partial charge in [-0.25, -0.2) is 9.67 Å². The number of hydrogen-bond acceptors (Lipinski definition) is 3. The summed E-state index contributed by atoms with van der Waals surface area (Å²) < 4.78 is 1.73. The zero-order chi connectivity index (χ0) is 14.7. The van der Waals surface area contributed by atoms with E-state index in [1.165, 1.54) is 17.5 Å². The van der Waals surface area contributed by atoms with Crippen LogP contribution in [0.1, 0.15) is 5.56 Å². The Labute approximate surface area is 123 Å². The Bertz CT molecular complexity index is 749. The monoisotopic (exact) mass is 279 g/mol. The summed E-state index contributed by atoms with van der Waals surface area (Å²) in [4.78, 5) is 4.36. The van der Waals surface area contributed by atoms with Gasteiger partial charge in [0.2, 0.25) is 0 Å². The zero-order valence-electron chi connectivity index (χ0n) is 11.9. The van der Waals surface area contributed by atoms with Gasteiger partial charge in [-0.1, -0.05) is 48.5 Å². The Hall–Kier alpha value is -2.46. The zero-order valence-corrected chi connectivity index (χ0v) is 11.9. The fourth-order valence-electron chi connectivity index (χ4n) is 2.52. The van der Waals surface area contributed by atoms with Crippen LogP contribution in [0.15, 0.2) is 54.9 Å². The van der Waals surface area contributed by atoms with Crippen LogP contribution in [0.25, 0.3) is 22.5 Å². The average Bonchev–Trinajstić information content (AvgIpc) is 2.96. The minimum atomic E-state index is 0.0445. The number of nitrogens with zero attached hydrogens (tertiary/aromatic N) is 3. The molecule has 0 unspecified atom stereocenters. The van der Waals surface area contributed by atoms with Gasteiger partial charge in [-0.2, -0.15) is 5.10 Å². The fraction of sp³-hybridized carbons (Fsp3) is 0.176. The van der Waals surface area contributed by atoms with Crippen molar-refractivity contribution in [3.63, 3.8) is 0 Å². The van der Waals surface area contributed by atoms with Crippen molar-refractivity contribution in [2.75, 3.05) is 6.61 Å². The third-order valence-corrected chi connectivity index (χ3v) is 3.53. The molecule has 1 heterocycles. The minimum Gasteiger partial charge on any atom is -0.394 e. The quantitative estimate of drug-likeness (QED) is 0.799. The number of rotatable bonds is 4. The van der Waals surface area contributed by atoms with E-state index in [0.717, 1.165) is 17.0 Å². The number of aryl methyl sites for hydroxylation is 1. The minimum absolute atomic E-state index is 0.0445. The molecule has 4 nitrogen and oxygen atoms in total. The Balaban J connectivity index is 2.17. The molecule has 1 N–H and O–H groups in total. The smallest absolute Gasteiger partial charge is 0.158 e. The lowest BCUT2D eigenvalue weighted by Crippen LogP contribution is -2.06. The summed E-state index contributed by atoms with van der Waals surface area (Å²) in [6.07, 6.45) is 1.53. The van der Waals surface area contributed by atoms with E-state index < -0.39 is 0 Å². The third-order valence-electron chi connectivity index (χ3n) is 3.53. The molecule has 0 saturated heterocycles. The molecule has 0 atom stereocenters. The van der Waals surface area contributed by atoms with Crippen molar-refractivity contribution in [1.29, 1.82) is 0 Å². The van der Waals surface area contributed by atoms with Crippen LogP contribution in [0.4, 0.5) is 0 Å². The number of aliphatic hydroxyl groups excluding tert-OH is 1. The van der Waals surface area contributed by atoms with E-state index in [9.17, 15) is 0 Å². The van der Waals surface area contributed by atoms with E-state index in [1.807, 2.05) is 30.3 Å². The van der Waals surface area contributed by atoms with Crippen molar-refractivity contribution in [1.82, 2.24) is 14.8 Å². The summed E-state index contributed by atoms with van der Waals surface area (Å²) in [6, 6.07) is 16.4. The molecule has 0 aliphatic carbocycles. The lowest BCUT2D eigenvalue weighted by atomic mass is 9.96. The number of aliphatic hydroxyl groups is 1.